The van der Waals surface area contributed by atoms with Crippen LogP contribution >= 0.6 is 0 Å². The van der Waals surface area contributed by atoms with Gasteiger partial charge in [0.25, 0.3) is 0 Å². The first kappa shape index (κ1) is 32.9. The van der Waals surface area contributed by atoms with Crippen LogP contribution in [-0.2, 0) is 5.41 Å². The molecule has 0 N–H and O–H groups in total. The van der Waals surface area contributed by atoms with Gasteiger partial charge in [-0.05, 0) is 73.5 Å². The van der Waals surface area contributed by atoms with Gasteiger partial charge in [-0.1, -0.05) is 127 Å². The Labute approximate surface area is 329 Å². The lowest BCUT2D eigenvalue weighted by Crippen LogP contribution is -2.25. The molecule has 4 aromatic heterocycles. The van der Waals surface area contributed by atoms with Crippen LogP contribution < -0.4 is 0 Å². The molecule has 0 aliphatic heterocycles. The zero-order valence-electron chi connectivity index (χ0n) is 31.3. The second-order valence-corrected chi connectivity index (χ2v) is 15.0. The first-order valence-electron chi connectivity index (χ1n) is 19.4. The number of rotatable bonds is 6. The molecule has 0 amide bonds. The normalized spacial score (nSPS) is 15.5. The van der Waals surface area contributed by atoms with Crippen molar-refractivity contribution in [1.82, 2.24) is 29.1 Å². The molecule has 10 aromatic rings. The van der Waals surface area contributed by atoms with Crippen LogP contribution in [0.1, 0.15) is 19.2 Å². The van der Waals surface area contributed by atoms with Gasteiger partial charge in [-0.15, -0.1) is 0 Å². The predicted molar refractivity (Wildman–Crippen MR) is 233 cm³/mol. The molecule has 6 nitrogen and oxygen atoms in total. The van der Waals surface area contributed by atoms with Crippen LogP contribution in [0.5, 0.6) is 0 Å². The third-order valence-corrected chi connectivity index (χ3v) is 11.3. The highest BCUT2D eigenvalue weighted by molar-refractivity contribution is 6.16. The lowest BCUT2D eigenvalue weighted by Gasteiger charge is -2.28. The molecule has 57 heavy (non-hydrogen) atoms. The fourth-order valence-electron chi connectivity index (χ4n) is 8.59. The molecule has 4 heterocycles. The molecule has 1 aliphatic carbocycles. The molecule has 1 atom stereocenters. The molecule has 0 radical (unpaired) electrons. The summed E-state index contributed by atoms with van der Waals surface area (Å²) in [5, 5.41) is 4.71. The summed E-state index contributed by atoms with van der Waals surface area (Å²) in [5.41, 5.74) is 10.3. The van der Waals surface area contributed by atoms with Crippen LogP contribution in [0.4, 0.5) is 0 Å². The summed E-state index contributed by atoms with van der Waals surface area (Å²) in [7, 11) is 0. The van der Waals surface area contributed by atoms with Crippen molar-refractivity contribution in [1.29, 1.82) is 0 Å². The molecule has 6 heteroatoms. The first-order chi connectivity index (χ1) is 28.1. The van der Waals surface area contributed by atoms with Crippen LogP contribution in [0.3, 0.4) is 0 Å². The number of hydrogen-bond acceptors (Lipinski definition) is 4. The Morgan fingerprint density at radius 3 is 1.93 bits per heavy atom. The third-order valence-electron chi connectivity index (χ3n) is 11.3. The fraction of sp³-hybridized carbons (Fsp3) is 0.0588. The van der Waals surface area contributed by atoms with Gasteiger partial charge in [0.1, 0.15) is 11.5 Å². The summed E-state index contributed by atoms with van der Waals surface area (Å²) in [6, 6.07) is 57.3. The van der Waals surface area contributed by atoms with E-state index in [-0.39, 0.29) is 0 Å². The van der Waals surface area contributed by atoms with Gasteiger partial charge in [0.2, 0.25) is 0 Å². The quantitative estimate of drug-likeness (QED) is 0.171. The van der Waals surface area contributed by atoms with Crippen molar-refractivity contribution >= 4 is 49.4 Å². The Morgan fingerprint density at radius 2 is 1.18 bits per heavy atom. The van der Waals surface area contributed by atoms with Crippen molar-refractivity contribution in [3.05, 3.63) is 194 Å². The van der Waals surface area contributed by atoms with Gasteiger partial charge in [0, 0.05) is 55.8 Å². The van der Waals surface area contributed by atoms with Crippen molar-refractivity contribution in [2.75, 3.05) is 0 Å². The SMILES string of the molecule is CC1(c2nc(-c3ccccc3)nc(-c3ccccc3)n2)C=C(n2c3ccccc3c3cccc(-c4ccc5c(c4)c4cccnc4n5-c4ccccc4)c32)C=CC1. The van der Waals surface area contributed by atoms with Gasteiger partial charge >= 0.3 is 0 Å². The molecule has 1 unspecified atom stereocenters. The van der Waals surface area contributed by atoms with E-state index in [9.17, 15) is 0 Å². The van der Waals surface area contributed by atoms with Crippen LogP contribution in [-0.4, -0.2) is 29.1 Å². The average Bonchev–Trinajstić information content (AvgIpc) is 3.80. The Balaban J connectivity index is 1.12. The number of nitrogens with zero attached hydrogens (tertiary/aromatic N) is 6. The zero-order valence-corrected chi connectivity index (χ0v) is 31.3. The van der Waals surface area contributed by atoms with Gasteiger partial charge in [-0.2, -0.15) is 0 Å². The molecule has 0 spiro atoms. The van der Waals surface area contributed by atoms with E-state index >= 15 is 0 Å². The number of benzene rings is 6. The van der Waals surface area contributed by atoms with Crippen LogP contribution in [0.25, 0.3) is 89.0 Å². The van der Waals surface area contributed by atoms with Gasteiger partial charge in [-0.25, -0.2) is 19.9 Å². The smallest absolute Gasteiger partial charge is 0.163 e. The van der Waals surface area contributed by atoms with E-state index in [1.165, 1.54) is 16.2 Å². The van der Waals surface area contributed by atoms with Gasteiger partial charge in [-0.3, -0.25) is 4.57 Å². The molecule has 1 aliphatic rings. The summed E-state index contributed by atoms with van der Waals surface area (Å²) in [6.45, 7) is 2.24. The Morgan fingerprint density at radius 1 is 0.526 bits per heavy atom. The van der Waals surface area contributed by atoms with E-state index in [2.05, 4.69) is 156 Å². The second-order valence-electron chi connectivity index (χ2n) is 15.0. The number of allylic oxidation sites excluding steroid dienone is 4. The van der Waals surface area contributed by atoms with Crippen molar-refractivity contribution in [3.63, 3.8) is 0 Å². The molecule has 0 saturated heterocycles. The number of aromatic nitrogens is 6. The predicted octanol–water partition coefficient (Wildman–Crippen LogP) is 12.2. The molecule has 6 aromatic carbocycles. The molecular weight excluding hydrogens is 697 g/mol. The highest BCUT2D eigenvalue weighted by atomic mass is 15.1. The Bertz CT molecular complexity index is 3160. The number of hydrogen-bond donors (Lipinski definition) is 0. The Kier molecular flexibility index (Phi) is 7.57. The molecule has 0 bridgehead atoms. The van der Waals surface area contributed by atoms with E-state index in [1.807, 2.05) is 48.7 Å². The minimum atomic E-state index is -0.516. The maximum Gasteiger partial charge on any atom is 0.163 e. The summed E-state index contributed by atoms with van der Waals surface area (Å²) in [6.07, 6.45) is 9.51. The van der Waals surface area contributed by atoms with E-state index in [0.29, 0.717) is 11.6 Å². The van der Waals surface area contributed by atoms with Gasteiger partial charge in [0.05, 0.1) is 22.0 Å². The van der Waals surface area contributed by atoms with E-state index in [1.54, 1.807) is 0 Å². The molecule has 0 saturated carbocycles. The van der Waals surface area contributed by atoms with Crippen molar-refractivity contribution in [3.8, 4) is 39.6 Å². The summed E-state index contributed by atoms with van der Waals surface area (Å²) < 4.78 is 4.70. The highest BCUT2D eigenvalue weighted by Crippen LogP contribution is 2.43. The van der Waals surface area contributed by atoms with E-state index in [0.717, 1.165) is 73.5 Å². The first-order valence-corrected chi connectivity index (χ1v) is 19.4. The molecular formula is C51H36N6. The standard InChI is InChI=1S/C51H36N6/c1-51(50-54-47(34-16-5-2-6-17-34)53-48(55-50)35-18-7-3-8-19-35)30-14-22-38(33-51)56-44-27-12-11-23-40(44)41-25-13-24-39(46(41)56)36-28-29-45-43(32-36)42-26-15-31-52-49(42)57(45)37-20-9-4-10-21-37/h2-29,31-33H,30H2,1H3. The second kappa shape index (κ2) is 13.1. The highest BCUT2D eigenvalue weighted by Gasteiger charge is 2.32. The topological polar surface area (TPSA) is 61.4 Å². The summed E-state index contributed by atoms with van der Waals surface area (Å²) >= 11 is 0. The van der Waals surface area contributed by atoms with Crippen molar-refractivity contribution in [2.45, 2.75) is 18.8 Å². The van der Waals surface area contributed by atoms with E-state index < -0.39 is 5.41 Å². The lowest BCUT2D eigenvalue weighted by molar-refractivity contribution is 0.554. The maximum absolute atomic E-state index is 5.19. The molecule has 11 rings (SSSR count). The van der Waals surface area contributed by atoms with Gasteiger partial charge < -0.3 is 4.57 Å². The Hall–Kier alpha value is -7.44. The van der Waals surface area contributed by atoms with E-state index in [4.69, 9.17) is 19.9 Å². The number of para-hydroxylation sites is 3. The minimum absolute atomic E-state index is 0.516. The third kappa shape index (κ3) is 5.40. The monoisotopic (exact) mass is 732 g/mol. The number of pyridine rings is 1. The zero-order chi connectivity index (χ0) is 37.9. The van der Waals surface area contributed by atoms with Crippen LogP contribution in [0.15, 0.2) is 188 Å². The number of fused-ring (bicyclic) bond motifs is 6. The summed E-state index contributed by atoms with van der Waals surface area (Å²) in [4.78, 5) is 20.2. The summed E-state index contributed by atoms with van der Waals surface area (Å²) in [5.74, 6) is 2.08. The molecule has 270 valence electrons. The van der Waals surface area contributed by atoms with Gasteiger partial charge in [0.15, 0.2) is 11.6 Å². The van der Waals surface area contributed by atoms with Crippen molar-refractivity contribution < 1.29 is 0 Å². The minimum Gasteiger partial charge on any atom is -0.309 e. The fourth-order valence-corrected chi connectivity index (χ4v) is 8.59. The largest absolute Gasteiger partial charge is 0.309 e. The average molecular weight is 733 g/mol. The van der Waals surface area contributed by atoms with Crippen molar-refractivity contribution in [2.24, 2.45) is 0 Å². The van der Waals surface area contributed by atoms with Crippen LogP contribution in [0, 0.1) is 0 Å². The maximum atomic E-state index is 5.19. The van der Waals surface area contributed by atoms with Crippen LogP contribution in [0.2, 0.25) is 0 Å². The molecule has 0 fully saturated rings. The lowest BCUT2D eigenvalue weighted by atomic mass is 9.81.